The van der Waals surface area contributed by atoms with Gasteiger partial charge in [0.15, 0.2) is 0 Å². The SMILES string of the molecule is COC(=O)/C(C)=C\C1(NC(=O)OCc2ccccc2)CC1. The first-order valence-corrected chi connectivity index (χ1v) is 6.81. The molecule has 1 amide bonds. The molecule has 0 atom stereocenters. The molecule has 1 saturated carbocycles. The molecule has 2 rings (SSSR count). The molecule has 5 heteroatoms. The molecule has 1 N–H and O–H groups in total. The largest absolute Gasteiger partial charge is 0.466 e. The summed E-state index contributed by atoms with van der Waals surface area (Å²) >= 11 is 0. The van der Waals surface area contributed by atoms with Crippen LogP contribution in [0.5, 0.6) is 0 Å². The second-order valence-corrected chi connectivity index (χ2v) is 5.16. The molecule has 0 heterocycles. The van der Waals surface area contributed by atoms with Gasteiger partial charge < -0.3 is 14.8 Å². The Morgan fingerprint density at radius 2 is 1.95 bits per heavy atom. The summed E-state index contributed by atoms with van der Waals surface area (Å²) in [7, 11) is 1.33. The summed E-state index contributed by atoms with van der Waals surface area (Å²) in [6, 6.07) is 9.47. The molecule has 1 aliphatic carbocycles. The Hall–Kier alpha value is -2.30. The van der Waals surface area contributed by atoms with Crippen molar-refractivity contribution in [1.29, 1.82) is 0 Å². The van der Waals surface area contributed by atoms with Gasteiger partial charge in [-0.2, -0.15) is 0 Å². The summed E-state index contributed by atoms with van der Waals surface area (Å²) < 4.78 is 9.82. The molecule has 0 bridgehead atoms. The first-order chi connectivity index (χ1) is 10.0. The van der Waals surface area contributed by atoms with Gasteiger partial charge in [-0.05, 0) is 31.4 Å². The Kier molecular flexibility index (Phi) is 4.62. The molecule has 0 saturated heterocycles. The molecule has 1 aliphatic rings. The van der Waals surface area contributed by atoms with Crippen LogP contribution in [0.25, 0.3) is 0 Å². The lowest BCUT2D eigenvalue weighted by Crippen LogP contribution is -2.36. The molecular formula is C16H19NO4. The number of carbonyl (C=O) groups is 2. The van der Waals surface area contributed by atoms with Gasteiger partial charge in [-0.25, -0.2) is 9.59 Å². The normalized spacial score (nSPS) is 16.0. The predicted molar refractivity (Wildman–Crippen MR) is 77.5 cm³/mol. The zero-order chi connectivity index (χ0) is 15.3. The molecule has 1 aromatic carbocycles. The Balaban J connectivity index is 1.86. The van der Waals surface area contributed by atoms with Crippen LogP contribution in [0.1, 0.15) is 25.3 Å². The van der Waals surface area contributed by atoms with E-state index in [9.17, 15) is 9.59 Å². The highest BCUT2D eigenvalue weighted by atomic mass is 16.5. The summed E-state index contributed by atoms with van der Waals surface area (Å²) in [6.07, 6.45) is 2.84. The van der Waals surface area contributed by atoms with Gasteiger partial charge in [0, 0.05) is 5.57 Å². The maximum absolute atomic E-state index is 11.8. The minimum absolute atomic E-state index is 0.225. The van der Waals surface area contributed by atoms with Crippen molar-refractivity contribution in [3.63, 3.8) is 0 Å². The van der Waals surface area contributed by atoms with E-state index in [1.165, 1.54) is 7.11 Å². The van der Waals surface area contributed by atoms with E-state index in [2.05, 4.69) is 10.1 Å². The Bertz CT molecular complexity index is 547. The summed E-state index contributed by atoms with van der Waals surface area (Å²) in [5, 5.41) is 2.80. The molecule has 112 valence electrons. The van der Waals surface area contributed by atoms with E-state index in [1.54, 1.807) is 13.0 Å². The average molecular weight is 289 g/mol. The summed E-state index contributed by atoms with van der Waals surface area (Å²) in [4.78, 5) is 23.2. The third-order valence-electron chi connectivity index (χ3n) is 3.35. The van der Waals surface area contributed by atoms with E-state index in [0.717, 1.165) is 18.4 Å². The van der Waals surface area contributed by atoms with Gasteiger partial charge in [0.1, 0.15) is 6.61 Å². The number of amides is 1. The van der Waals surface area contributed by atoms with Crippen molar-refractivity contribution in [3.8, 4) is 0 Å². The van der Waals surface area contributed by atoms with Crippen LogP contribution in [0, 0.1) is 0 Å². The number of nitrogens with one attached hydrogen (secondary N) is 1. The Morgan fingerprint density at radius 1 is 1.29 bits per heavy atom. The lowest BCUT2D eigenvalue weighted by Gasteiger charge is -2.14. The highest BCUT2D eigenvalue weighted by Gasteiger charge is 2.43. The van der Waals surface area contributed by atoms with E-state index in [0.29, 0.717) is 5.57 Å². The van der Waals surface area contributed by atoms with Gasteiger partial charge in [-0.15, -0.1) is 0 Å². The minimum atomic E-state index is -0.481. The number of hydrogen-bond acceptors (Lipinski definition) is 4. The van der Waals surface area contributed by atoms with Crippen molar-refractivity contribution < 1.29 is 19.1 Å². The van der Waals surface area contributed by atoms with E-state index < -0.39 is 11.6 Å². The molecule has 5 nitrogen and oxygen atoms in total. The highest BCUT2D eigenvalue weighted by molar-refractivity contribution is 5.88. The maximum atomic E-state index is 11.8. The van der Waals surface area contributed by atoms with E-state index in [4.69, 9.17) is 4.74 Å². The topological polar surface area (TPSA) is 64.6 Å². The summed E-state index contributed by atoms with van der Waals surface area (Å²) in [5.41, 5.74) is 0.948. The van der Waals surface area contributed by atoms with Crippen LogP contribution in [-0.4, -0.2) is 24.7 Å². The van der Waals surface area contributed by atoms with Crippen molar-refractivity contribution >= 4 is 12.1 Å². The molecular weight excluding hydrogens is 270 g/mol. The minimum Gasteiger partial charge on any atom is -0.466 e. The number of benzene rings is 1. The average Bonchev–Trinajstić information content (AvgIpc) is 3.24. The number of esters is 1. The lowest BCUT2D eigenvalue weighted by atomic mass is 10.1. The van der Waals surface area contributed by atoms with Crippen LogP contribution in [0.4, 0.5) is 4.79 Å². The van der Waals surface area contributed by atoms with Crippen LogP contribution in [0.3, 0.4) is 0 Å². The number of rotatable bonds is 5. The fraction of sp³-hybridized carbons (Fsp3) is 0.375. The maximum Gasteiger partial charge on any atom is 0.408 e. The van der Waals surface area contributed by atoms with Gasteiger partial charge in [0.2, 0.25) is 0 Å². The second-order valence-electron chi connectivity index (χ2n) is 5.16. The summed E-state index contributed by atoms with van der Waals surface area (Å²) in [5.74, 6) is -0.388. The van der Waals surface area contributed by atoms with Crippen LogP contribution in [0.15, 0.2) is 42.0 Å². The van der Waals surface area contributed by atoms with Gasteiger partial charge in [0.25, 0.3) is 0 Å². The van der Waals surface area contributed by atoms with Gasteiger partial charge >= 0.3 is 12.1 Å². The van der Waals surface area contributed by atoms with E-state index in [1.807, 2.05) is 30.3 Å². The molecule has 0 spiro atoms. The van der Waals surface area contributed by atoms with E-state index in [-0.39, 0.29) is 12.6 Å². The molecule has 0 radical (unpaired) electrons. The predicted octanol–water partition coefficient (Wildman–Crippen LogP) is 2.56. The van der Waals surface area contributed by atoms with Crippen LogP contribution < -0.4 is 5.32 Å². The summed E-state index contributed by atoms with van der Waals surface area (Å²) in [6.45, 7) is 1.89. The number of alkyl carbamates (subject to hydrolysis) is 1. The number of methoxy groups -OCH3 is 1. The molecule has 1 aromatic rings. The van der Waals surface area contributed by atoms with Crippen LogP contribution in [-0.2, 0) is 20.9 Å². The standard InChI is InChI=1S/C16H19NO4/c1-12(14(18)20-2)10-16(8-9-16)17-15(19)21-11-13-6-4-3-5-7-13/h3-7,10H,8-9,11H2,1-2H3,(H,17,19)/b12-10-. The van der Waals surface area contributed by atoms with Crippen molar-refractivity contribution in [2.75, 3.05) is 7.11 Å². The van der Waals surface area contributed by atoms with Crippen molar-refractivity contribution in [3.05, 3.63) is 47.5 Å². The number of ether oxygens (including phenoxy) is 2. The fourth-order valence-electron chi connectivity index (χ4n) is 2.04. The smallest absolute Gasteiger partial charge is 0.408 e. The molecule has 21 heavy (non-hydrogen) atoms. The third kappa shape index (κ3) is 4.34. The van der Waals surface area contributed by atoms with Crippen LogP contribution in [0.2, 0.25) is 0 Å². The Labute approximate surface area is 123 Å². The molecule has 0 aromatic heterocycles. The zero-order valence-corrected chi connectivity index (χ0v) is 12.2. The van der Waals surface area contributed by atoms with Crippen molar-refractivity contribution in [1.82, 2.24) is 5.32 Å². The monoisotopic (exact) mass is 289 g/mol. The molecule has 0 unspecified atom stereocenters. The number of carbonyl (C=O) groups excluding carboxylic acids is 2. The third-order valence-corrected chi connectivity index (χ3v) is 3.35. The van der Waals surface area contributed by atoms with Gasteiger partial charge in [-0.3, -0.25) is 0 Å². The quantitative estimate of drug-likeness (QED) is 0.668. The lowest BCUT2D eigenvalue weighted by molar-refractivity contribution is -0.136. The highest BCUT2D eigenvalue weighted by Crippen LogP contribution is 2.38. The fourth-order valence-corrected chi connectivity index (χ4v) is 2.04. The Morgan fingerprint density at radius 3 is 2.52 bits per heavy atom. The van der Waals surface area contributed by atoms with Gasteiger partial charge in [0.05, 0.1) is 12.6 Å². The molecule has 1 fully saturated rings. The van der Waals surface area contributed by atoms with Crippen molar-refractivity contribution in [2.24, 2.45) is 0 Å². The molecule has 0 aliphatic heterocycles. The van der Waals surface area contributed by atoms with Crippen LogP contribution >= 0.6 is 0 Å². The second kappa shape index (κ2) is 6.43. The van der Waals surface area contributed by atoms with E-state index >= 15 is 0 Å². The first kappa shape index (κ1) is 15.1. The first-order valence-electron chi connectivity index (χ1n) is 6.81. The zero-order valence-electron chi connectivity index (χ0n) is 12.2. The van der Waals surface area contributed by atoms with Gasteiger partial charge in [-0.1, -0.05) is 30.3 Å². The van der Waals surface area contributed by atoms with Crippen molar-refractivity contribution in [2.45, 2.75) is 31.9 Å². The number of hydrogen-bond donors (Lipinski definition) is 1.